The van der Waals surface area contributed by atoms with Gasteiger partial charge in [-0.05, 0) is 19.1 Å². The molecule has 0 bridgehead atoms. The molecule has 0 aromatic heterocycles. The van der Waals surface area contributed by atoms with Gasteiger partial charge < -0.3 is 25.0 Å². The lowest BCUT2D eigenvalue weighted by molar-refractivity contribution is -0.141. The highest BCUT2D eigenvalue weighted by Gasteiger charge is 2.26. The van der Waals surface area contributed by atoms with E-state index < -0.39 is 24.0 Å². The fourth-order valence-electron chi connectivity index (χ4n) is 1.59. The number of carboxylic acids is 1. The van der Waals surface area contributed by atoms with Crippen LogP contribution in [0.25, 0.3) is 0 Å². The molecule has 0 unspecified atom stereocenters. The first-order valence-corrected chi connectivity index (χ1v) is 5.84. The second kappa shape index (κ2) is 6.76. The third kappa shape index (κ3) is 3.61. The summed E-state index contributed by atoms with van der Waals surface area (Å²) in [7, 11) is 2.86. The smallest absolute Gasteiger partial charge is 0.328 e. The van der Waals surface area contributed by atoms with E-state index in [0.29, 0.717) is 5.75 Å². The number of rotatable bonds is 6. The summed E-state index contributed by atoms with van der Waals surface area (Å²) in [6.45, 7) is 1.28. The molecule has 1 aromatic rings. The van der Waals surface area contributed by atoms with Crippen LogP contribution in [0.1, 0.15) is 17.3 Å². The molecule has 0 aliphatic carbocycles. The molecule has 7 nitrogen and oxygen atoms in total. The number of nitrogens with one attached hydrogen (secondary N) is 1. The van der Waals surface area contributed by atoms with E-state index in [0.717, 1.165) is 0 Å². The molecule has 1 aromatic carbocycles. The van der Waals surface area contributed by atoms with Crippen LogP contribution < -0.4 is 14.8 Å². The van der Waals surface area contributed by atoms with Crippen molar-refractivity contribution in [1.29, 1.82) is 0 Å². The first kappa shape index (κ1) is 15.8. The number of benzene rings is 1. The van der Waals surface area contributed by atoms with Gasteiger partial charge in [0.1, 0.15) is 11.5 Å². The van der Waals surface area contributed by atoms with Crippen molar-refractivity contribution >= 4 is 11.9 Å². The number of hydrogen-bond donors (Lipinski definition) is 3. The first-order valence-electron chi connectivity index (χ1n) is 5.84. The molecule has 0 fully saturated rings. The van der Waals surface area contributed by atoms with E-state index in [4.69, 9.17) is 14.6 Å². The number of aliphatic hydroxyl groups is 1. The Hall–Kier alpha value is -2.28. The first-order chi connectivity index (χ1) is 9.40. The minimum Gasteiger partial charge on any atom is -0.497 e. The van der Waals surface area contributed by atoms with Crippen LogP contribution in [0.15, 0.2) is 18.2 Å². The normalized spacial score (nSPS) is 13.2. The zero-order valence-corrected chi connectivity index (χ0v) is 11.4. The molecule has 3 N–H and O–H groups in total. The molecule has 2 atom stereocenters. The lowest BCUT2D eigenvalue weighted by atomic mass is 10.1. The Bertz CT molecular complexity index is 500. The van der Waals surface area contributed by atoms with Crippen molar-refractivity contribution in [2.45, 2.75) is 19.1 Å². The summed E-state index contributed by atoms with van der Waals surface area (Å²) < 4.78 is 10.1. The minimum atomic E-state index is -1.39. The van der Waals surface area contributed by atoms with Crippen LogP contribution in [0.2, 0.25) is 0 Å². The lowest BCUT2D eigenvalue weighted by Crippen LogP contribution is -2.47. The number of hydrogen-bond acceptors (Lipinski definition) is 5. The van der Waals surface area contributed by atoms with Gasteiger partial charge >= 0.3 is 5.97 Å². The van der Waals surface area contributed by atoms with Crippen LogP contribution in [-0.4, -0.2) is 48.5 Å². The van der Waals surface area contributed by atoms with Gasteiger partial charge in [0.05, 0.1) is 25.9 Å². The monoisotopic (exact) mass is 283 g/mol. The molecule has 1 rings (SSSR count). The second-order valence-electron chi connectivity index (χ2n) is 4.10. The van der Waals surface area contributed by atoms with E-state index in [1.54, 1.807) is 6.07 Å². The van der Waals surface area contributed by atoms with E-state index in [9.17, 15) is 14.7 Å². The van der Waals surface area contributed by atoms with Crippen LogP contribution in [-0.2, 0) is 4.79 Å². The quantitative estimate of drug-likeness (QED) is 0.692. The topological polar surface area (TPSA) is 105 Å². The van der Waals surface area contributed by atoms with Gasteiger partial charge in [0, 0.05) is 6.07 Å². The number of carbonyl (C=O) groups is 2. The summed E-state index contributed by atoms with van der Waals surface area (Å²) in [6.07, 6.45) is -1.22. The maximum Gasteiger partial charge on any atom is 0.328 e. The molecule has 0 aliphatic rings. The Morgan fingerprint density at radius 2 is 1.90 bits per heavy atom. The highest BCUT2D eigenvalue weighted by atomic mass is 16.5. The van der Waals surface area contributed by atoms with Crippen molar-refractivity contribution in [3.63, 3.8) is 0 Å². The van der Waals surface area contributed by atoms with Crippen molar-refractivity contribution in [2.24, 2.45) is 0 Å². The number of aliphatic hydroxyl groups excluding tert-OH is 1. The van der Waals surface area contributed by atoms with Crippen molar-refractivity contribution < 1.29 is 29.3 Å². The molecule has 20 heavy (non-hydrogen) atoms. The molecular weight excluding hydrogens is 266 g/mol. The number of ether oxygens (including phenoxy) is 2. The SMILES string of the molecule is COc1ccc(C(=O)N[C@H](C(=O)O)[C@@H](C)O)c(OC)c1. The summed E-state index contributed by atoms with van der Waals surface area (Å²) in [5.41, 5.74) is 0.153. The zero-order valence-electron chi connectivity index (χ0n) is 11.4. The highest BCUT2D eigenvalue weighted by Crippen LogP contribution is 2.24. The summed E-state index contributed by atoms with van der Waals surface area (Å²) in [5.74, 6) is -1.22. The fourth-order valence-corrected chi connectivity index (χ4v) is 1.59. The van der Waals surface area contributed by atoms with E-state index >= 15 is 0 Å². The number of carboxylic acid groups (broad SMARTS) is 1. The van der Waals surface area contributed by atoms with Crippen molar-refractivity contribution in [3.8, 4) is 11.5 Å². The summed E-state index contributed by atoms with van der Waals surface area (Å²) in [6, 6.07) is 3.12. The molecule has 1 amide bonds. The minimum absolute atomic E-state index is 0.153. The molecule has 7 heteroatoms. The standard InChI is InChI=1S/C13H17NO6/c1-7(15)11(13(17)18)14-12(16)9-5-4-8(19-2)6-10(9)20-3/h4-7,11,15H,1-3H3,(H,14,16)(H,17,18)/t7-,11+/m1/s1. The molecular formula is C13H17NO6. The van der Waals surface area contributed by atoms with Gasteiger partial charge in [0.15, 0.2) is 6.04 Å². The van der Waals surface area contributed by atoms with E-state index in [1.807, 2.05) is 0 Å². The summed E-state index contributed by atoms with van der Waals surface area (Å²) in [4.78, 5) is 23.0. The van der Waals surface area contributed by atoms with Gasteiger partial charge in [-0.2, -0.15) is 0 Å². The Morgan fingerprint density at radius 3 is 2.35 bits per heavy atom. The van der Waals surface area contributed by atoms with E-state index in [-0.39, 0.29) is 11.3 Å². The second-order valence-corrected chi connectivity index (χ2v) is 4.10. The summed E-state index contributed by atoms with van der Waals surface area (Å²) in [5, 5.41) is 20.5. The lowest BCUT2D eigenvalue weighted by Gasteiger charge is -2.18. The third-order valence-corrected chi connectivity index (χ3v) is 2.69. The number of aliphatic carboxylic acids is 1. The number of carbonyl (C=O) groups excluding carboxylic acids is 1. The van der Waals surface area contributed by atoms with Crippen LogP contribution in [0.4, 0.5) is 0 Å². The van der Waals surface area contributed by atoms with Crippen LogP contribution in [0.3, 0.4) is 0 Å². The molecule has 0 heterocycles. The largest absolute Gasteiger partial charge is 0.497 e. The number of methoxy groups -OCH3 is 2. The zero-order chi connectivity index (χ0) is 15.3. The third-order valence-electron chi connectivity index (χ3n) is 2.69. The van der Waals surface area contributed by atoms with Crippen molar-refractivity contribution in [3.05, 3.63) is 23.8 Å². The Kier molecular flexibility index (Phi) is 5.33. The van der Waals surface area contributed by atoms with Crippen LogP contribution in [0, 0.1) is 0 Å². The van der Waals surface area contributed by atoms with Gasteiger partial charge in [-0.25, -0.2) is 4.79 Å². The Morgan fingerprint density at radius 1 is 1.25 bits per heavy atom. The Balaban J connectivity index is 3.00. The summed E-state index contributed by atoms with van der Waals surface area (Å²) >= 11 is 0. The van der Waals surface area contributed by atoms with Crippen LogP contribution in [0.5, 0.6) is 11.5 Å². The maximum absolute atomic E-state index is 12.0. The highest BCUT2D eigenvalue weighted by molar-refractivity contribution is 5.99. The van der Waals surface area contributed by atoms with Crippen LogP contribution >= 0.6 is 0 Å². The van der Waals surface area contributed by atoms with Gasteiger partial charge in [0.25, 0.3) is 5.91 Å². The van der Waals surface area contributed by atoms with Crippen molar-refractivity contribution in [2.75, 3.05) is 14.2 Å². The van der Waals surface area contributed by atoms with E-state index in [1.165, 1.54) is 33.3 Å². The average molecular weight is 283 g/mol. The average Bonchev–Trinajstić information content (AvgIpc) is 2.42. The van der Waals surface area contributed by atoms with E-state index in [2.05, 4.69) is 5.32 Å². The molecule has 0 radical (unpaired) electrons. The molecule has 110 valence electrons. The number of amides is 1. The fraction of sp³-hybridized carbons (Fsp3) is 0.385. The Labute approximate surface area is 116 Å². The van der Waals surface area contributed by atoms with Gasteiger partial charge in [0.2, 0.25) is 0 Å². The van der Waals surface area contributed by atoms with Crippen molar-refractivity contribution in [1.82, 2.24) is 5.32 Å². The maximum atomic E-state index is 12.0. The van der Waals surface area contributed by atoms with Gasteiger partial charge in [-0.3, -0.25) is 4.79 Å². The van der Waals surface area contributed by atoms with Gasteiger partial charge in [-0.1, -0.05) is 0 Å². The van der Waals surface area contributed by atoms with Gasteiger partial charge in [-0.15, -0.1) is 0 Å². The molecule has 0 saturated heterocycles. The molecule has 0 spiro atoms. The molecule has 0 saturated carbocycles. The predicted octanol–water partition coefficient (Wildman–Crippen LogP) is 0.268. The molecule has 0 aliphatic heterocycles. The predicted molar refractivity (Wildman–Crippen MR) is 70.1 cm³/mol.